The summed E-state index contributed by atoms with van der Waals surface area (Å²) in [5.41, 5.74) is 2.32. The van der Waals surface area contributed by atoms with Crippen LogP contribution in [-0.2, 0) is 19.3 Å². The van der Waals surface area contributed by atoms with Crippen LogP contribution < -0.4 is 15.0 Å². The maximum atomic E-state index is 13.9. The first-order chi connectivity index (χ1) is 15.8. The second-order valence-electron chi connectivity index (χ2n) is 7.72. The van der Waals surface area contributed by atoms with E-state index >= 15 is 0 Å². The summed E-state index contributed by atoms with van der Waals surface area (Å²) < 4.78 is 5.78. The van der Waals surface area contributed by atoms with Crippen LogP contribution in [-0.4, -0.2) is 41.0 Å². The molecule has 0 fully saturated rings. The van der Waals surface area contributed by atoms with Crippen molar-refractivity contribution in [3.05, 3.63) is 58.6 Å². The second-order valence-corrected chi connectivity index (χ2v) is 9.31. The Kier molecular flexibility index (Phi) is 6.36. The van der Waals surface area contributed by atoms with Crippen LogP contribution >= 0.6 is 23.4 Å². The first kappa shape index (κ1) is 23.1. The van der Waals surface area contributed by atoms with Gasteiger partial charge in [-0.15, -0.1) is 5.10 Å². The lowest BCUT2D eigenvalue weighted by molar-refractivity contribution is -0.139. The van der Waals surface area contributed by atoms with E-state index in [1.807, 2.05) is 37.3 Å². The van der Waals surface area contributed by atoms with Gasteiger partial charge < -0.3 is 15.0 Å². The van der Waals surface area contributed by atoms with Gasteiger partial charge in [-0.05, 0) is 42.8 Å². The molecular weight excluding hydrogens is 464 g/mol. The van der Waals surface area contributed by atoms with Crippen molar-refractivity contribution in [1.82, 2.24) is 10.3 Å². The van der Waals surface area contributed by atoms with E-state index in [0.29, 0.717) is 35.9 Å². The van der Waals surface area contributed by atoms with Crippen LogP contribution in [0, 0.1) is 6.92 Å². The van der Waals surface area contributed by atoms with E-state index in [0.717, 1.165) is 23.0 Å². The fourth-order valence-corrected chi connectivity index (χ4v) is 5.55. The summed E-state index contributed by atoms with van der Waals surface area (Å²) in [4.78, 5) is 38.3. The molecule has 2 aliphatic heterocycles. The molecule has 8 nitrogen and oxygen atoms in total. The van der Waals surface area contributed by atoms with E-state index in [4.69, 9.17) is 16.3 Å². The molecule has 1 atom stereocenters. The van der Waals surface area contributed by atoms with E-state index in [2.05, 4.69) is 10.4 Å². The molecule has 0 bridgehead atoms. The number of anilines is 1. The number of fused-ring (bicyclic) bond motifs is 2. The molecule has 3 amide bonds. The maximum absolute atomic E-state index is 13.9. The second kappa shape index (κ2) is 9.07. The SMILES string of the molecule is CC(=O)NC1=NN(C(C)=O)C2(S1)C(=O)N(CCCOc1ccccc1Cl)c1c(C)cccc12. The Hall–Kier alpha value is -3.04. The monoisotopic (exact) mass is 486 g/mol. The highest BCUT2D eigenvalue weighted by atomic mass is 35.5. The van der Waals surface area contributed by atoms with Gasteiger partial charge in [0.05, 0.1) is 17.3 Å². The highest BCUT2D eigenvalue weighted by molar-refractivity contribution is 8.15. The minimum Gasteiger partial charge on any atom is -0.492 e. The number of carbonyl (C=O) groups is 3. The van der Waals surface area contributed by atoms with Gasteiger partial charge in [-0.1, -0.05) is 41.9 Å². The molecule has 1 spiro atoms. The molecule has 1 unspecified atom stereocenters. The van der Waals surface area contributed by atoms with Crippen molar-refractivity contribution in [1.29, 1.82) is 0 Å². The van der Waals surface area contributed by atoms with E-state index in [1.54, 1.807) is 17.0 Å². The Morgan fingerprint density at radius 3 is 2.64 bits per heavy atom. The number of hydrogen-bond donors (Lipinski definition) is 1. The number of amidine groups is 1. The van der Waals surface area contributed by atoms with Crippen LogP contribution in [0.5, 0.6) is 5.75 Å². The van der Waals surface area contributed by atoms with Gasteiger partial charge in [0.1, 0.15) is 5.75 Å². The topological polar surface area (TPSA) is 91.3 Å². The summed E-state index contributed by atoms with van der Waals surface area (Å²) in [7, 11) is 0. The van der Waals surface area contributed by atoms with Crippen molar-refractivity contribution in [2.45, 2.75) is 32.1 Å². The average molecular weight is 487 g/mol. The van der Waals surface area contributed by atoms with Gasteiger partial charge in [0.2, 0.25) is 16.7 Å². The molecule has 0 saturated carbocycles. The minimum absolute atomic E-state index is 0.211. The number of rotatable bonds is 5. The van der Waals surface area contributed by atoms with Crippen LogP contribution in [0.4, 0.5) is 5.69 Å². The third-order valence-electron chi connectivity index (χ3n) is 5.34. The zero-order chi connectivity index (χ0) is 23.8. The number of ether oxygens (including phenoxy) is 1. The third-order valence-corrected chi connectivity index (χ3v) is 6.89. The van der Waals surface area contributed by atoms with Crippen LogP contribution in [0.15, 0.2) is 47.6 Å². The van der Waals surface area contributed by atoms with Gasteiger partial charge in [0, 0.05) is 26.0 Å². The number of thioether (sulfide) groups is 1. The van der Waals surface area contributed by atoms with Crippen LogP contribution in [0.25, 0.3) is 0 Å². The fourth-order valence-electron chi connectivity index (χ4n) is 4.03. The predicted molar refractivity (Wildman–Crippen MR) is 128 cm³/mol. The molecule has 2 heterocycles. The largest absolute Gasteiger partial charge is 0.492 e. The molecule has 0 aliphatic carbocycles. The number of hydrogen-bond acceptors (Lipinski definition) is 6. The van der Waals surface area contributed by atoms with E-state index in [-0.39, 0.29) is 17.0 Å². The molecule has 172 valence electrons. The molecule has 10 heteroatoms. The highest BCUT2D eigenvalue weighted by Crippen LogP contribution is 2.55. The lowest BCUT2D eigenvalue weighted by Gasteiger charge is -2.29. The molecular formula is C23H23ClN4O4S. The van der Waals surface area contributed by atoms with E-state index in [9.17, 15) is 14.4 Å². The fraction of sp³-hybridized carbons (Fsp3) is 0.304. The summed E-state index contributed by atoms with van der Waals surface area (Å²) in [5.74, 6) is -0.422. The summed E-state index contributed by atoms with van der Waals surface area (Å²) >= 11 is 7.22. The summed E-state index contributed by atoms with van der Waals surface area (Å²) in [6.45, 7) is 5.37. The Morgan fingerprint density at radius 2 is 1.94 bits per heavy atom. The molecule has 2 aromatic carbocycles. The highest BCUT2D eigenvalue weighted by Gasteiger charge is 2.61. The summed E-state index contributed by atoms with van der Waals surface area (Å²) in [5, 5.41) is 8.78. The number of nitrogens with zero attached hydrogens (tertiary/aromatic N) is 3. The molecule has 2 aliphatic rings. The van der Waals surface area contributed by atoms with Crippen molar-refractivity contribution < 1.29 is 19.1 Å². The van der Waals surface area contributed by atoms with Crippen molar-refractivity contribution >= 4 is 51.9 Å². The van der Waals surface area contributed by atoms with Gasteiger partial charge in [-0.2, -0.15) is 5.01 Å². The summed E-state index contributed by atoms with van der Waals surface area (Å²) in [6, 6.07) is 12.8. The lowest BCUT2D eigenvalue weighted by Crippen LogP contribution is -2.48. The Morgan fingerprint density at radius 1 is 1.18 bits per heavy atom. The number of aryl methyl sites for hydroxylation is 1. The van der Waals surface area contributed by atoms with Crippen LogP contribution in [0.2, 0.25) is 5.02 Å². The minimum atomic E-state index is -1.39. The van der Waals surface area contributed by atoms with Crippen LogP contribution in [0.3, 0.4) is 0 Å². The molecule has 0 saturated heterocycles. The number of halogens is 1. The lowest BCUT2D eigenvalue weighted by atomic mass is 10.0. The Labute approximate surface area is 200 Å². The maximum Gasteiger partial charge on any atom is 0.270 e. The molecule has 4 rings (SSSR count). The quantitative estimate of drug-likeness (QED) is 0.652. The molecule has 1 N–H and O–H groups in total. The summed E-state index contributed by atoms with van der Waals surface area (Å²) in [6.07, 6.45) is 0.547. The van der Waals surface area contributed by atoms with Crippen molar-refractivity contribution in [2.24, 2.45) is 5.10 Å². The smallest absolute Gasteiger partial charge is 0.270 e. The molecule has 0 aromatic heterocycles. The van der Waals surface area contributed by atoms with Gasteiger partial charge >= 0.3 is 0 Å². The number of para-hydroxylation sites is 2. The predicted octanol–water partition coefficient (Wildman–Crippen LogP) is 3.62. The number of nitrogens with one attached hydrogen (secondary N) is 1. The number of hydrazone groups is 1. The van der Waals surface area contributed by atoms with E-state index < -0.39 is 10.8 Å². The van der Waals surface area contributed by atoms with Gasteiger partial charge in [0.15, 0.2) is 5.17 Å². The first-order valence-corrected chi connectivity index (χ1v) is 11.6. The van der Waals surface area contributed by atoms with Crippen molar-refractivity contribution in [3.63, 3.8) is 0 Å². The number of benzene rings is 2. The van der Waals surface area contributed by atoms with E-state index in [1.165, 1.54) is 18.9 Å². The Balaban J connectivity index is 1.61. The number of carbonyl (C=O) groups excluding carboxylic acids is 3. The zero-order valence-electron chi connectivity index (χ0n) is 18.4. The van der Waals surface area contributed by atoms with Gasteiger partial charge in [0.25, 0.3) is 5.91 Å². The molecule has 2 aromatic rings. The molecule has 33 heavy (non-hydrogen) atoms. The average Bonchev–Trinajstić information content (AvgIpc) is 3.25. The Bertz CT molecular complexity index is 1170. The van der Waals surface area contributed by atoms with Gasteiger partial charge in [-0.3, -0.25) is 14.4 Å². The van der Waals surface area contributed by atoms with Crippen LogP contribution in [0.1, 0.15) is 31.4 Å². The zero-order valence-corrected chi connectivity index (χ0v) is 20.0. The first-order valence-electron chi connectivity index (χ1n) is 10.4. The standard InChI is InChI=1S/C23H23ClN4O4S/c1-14-8-6-9-17-20(14)27(12-7-13-32-19-11-5-4-10-18(19)24)21(31)23(17)28(16(3)30)26-22(33-23)25-15(2)29/h4-6,8-11H,7,12-13H2,1-3H3,(H,25,26,29). The van der Waals surface area contributed by atoms with Crippen molar-refractivity contribution in [2.75, 3.05) is 18.1 Å². The van der Waals surface area contributed by atoms with Gasteiger partial charge in [-0.25, -0.2) is 0 Å². The van der Waals surface area contributed by atoms with Crippen molar-refractivity contribution in [3.8, 4) is 5.75 Å². The third kappa shape index (κ3) is 4.06. The number of amides is 3. The normalized spacial score (nSPS) is 19.0. The molecule has 0 radical (unpaired) electrons.